The molecule has 2 aliphatic heterocycles. The lowest BCUT2D eigenvalue weighted by Gasteiger charge is -2.34. The highest BCUT2D eigenvalue weighted by molar-refractivity contribution is 7.89. The number of amides is 1. The topological polar surface area (TPSA) is 69.7 Å². The SMILES string of the molecule is Cc1ccc(C)c(CN2CCN(S(=O)(=O)c3ccc4c(c3)CC(=O)N4)CC2)c1. The minimum atomic E-state index is -3.54. The van der Waals surface area contributed by atoms with Gasteiger partial charge in [0.15, 0.2) is 0 Å². The molecule has 0 atom stereocenters. The lowest BCUT2D eigenvalue weighted by molar-refractivity contribution is -0.115. The van der Waals surface area contributed by atoms with Crippen molar-refractivity contribution < 1.29 is 13.2 Å². The quantitative estimate of drug-likeness (QED) is 0.857. The van der Waals surface area contributed by atoms with Crippen LogP contribution in [-0.4, -0.2) is 49.7 Å². The summed E-state index contributed by atoms with van der Waals surface area (Å²) in [4.78, 5) is 14.1. The van der Waals surface area contributed by atoms with E-state index < -0.39 is 10.0 Å². The van der Waals surface area contributed by atoms with Crippen LogP contribution in [0.3, 0.4) is 0 Å². The van der Waals surface area contributed by atoms with Crippen LogP contribution in [0, 0.1) is 13.8 Å². The Morgan fingerprint density at radius 1 is 1.00 bits per heavy atom. The fraction of sp³-hybridized carbons (Fsp3) is 0.381. The summed E-state index contributed by atoms with van der Waals surface area (Å²) in [6.45, 7) is 7.40. The molecule has 0 aliphatic carbocycles. The van der Waals surface area contributed by atoms with E-state index in [-0.39, 0.29) is 17.2 Å². The summed E-state index contributed by atoms with van der Waals surface area (Å²) in [5, 5.41) is 2.74. The number of nitrogens with one attached hydrogen (secondary N) is 1. The van der Waals surface area contributed by atoms with Gasteiger partial charge in [0.1, 0.15) is 0 Å². The third-order valence-electron chi connectivity index (χ3n) is 5.57. The molecule has 2 aromatic carbocycles. The Kier molecular flexibility index (Phi) is 4.99. The normalized spacial score (nSPS) is 18.1. The van der Waals surface area contributed by atoms with Gasteiger partial charge >= 0.3 is 0 Å². The van der Waals surface area contributed by atoms with E-state index in [2.05, 4.69) is 42.3 Å². The third kappa shape index (κ3) is 3.70. The van der Waals surface area contributed by atoms with Gasteiger partial charge in [0, 0.05) is 38.4 Å². The number of nitrogens with zero attached hydrogens (tertiary/aromatic N) is 2. The number of anilines is 1. The maximum Gasteiger partial charge on any atom is 0.243 e. The summed E-state index contributed by atoms with van der Waals surface area (Å²) >= 11 is 0. The van der Waals surface area contributed by atoms with Crippen LogP contribution in [0.5, 0.6) is 0 Å². The number of carbonyl (C=O) groups is 1. The Morgan fingerprint density at radius 2 is 1.75 bits per heavy atom. The zero-order valence-electron chi connectivity index (χ0n) is 16.2. The van der Waals surface area contributed by atoms with Crippen molar-refractivity contribution in [3.05, 3.63) is 58.7 Å². The highest BCUT2D eigenvalue weighted by atomic mass is 32.2. The van der Waals surface area contributed by atoms with E-state index in [4.69, 9.17) is 0 Å². The monoisotopic (exact) mass is 399 g/mol. The number of benzene rings is 2. The number of carbonyl (C=O) groups excluding carboxylic acids is 1. The summed E-state index contributed by atoms with van der Waals surface area (Å²) in [5.41, 5.74) is 5.27. The molecule has 28 heavy (non-hydrogen) atoms. The average molecular weight is 400 g/mol. The zero-order chi connectivity index (χ0) is 19.9. The Balaban J connectivity index is 1.44. The summed E-state index contributed by atoms with van der Waals surface area (Å²) in [7, 11) is -3.54. The second-order valence-corrected chi connectivity index (χ2v) is 9.59. The van der Waals surface area contributed by atoms with Gasteiger partial charge in [-0.3, -0.25) is 9.69 Å². The van der Waals surface area contributed by atoms with E-state index >= 15 is 0 Å². The van der Waals surface area contributed by atoms with Crippen LogP contribution >= 0.6 is 0 Å². The second kappa shape index (κ2) is 7.31. The van der Waals surface area contributed by atoms with Gasteiger partial charge in [-0.1, -0.05) is 23.8 Å². The molecule has 0 unspecified atom stereocenters. The molecule has 6 nitrogen and oxygen atoms in total. The van der Waals surface area contributed by atoms with Gasteiger partial charge in [-0.2, -0.15) is 4.31 Å². The Hall–Kier alpha value is -2.22. The average Bonchev–Trinajstić information content (AvgIpc) is 3.04. The van der Waals surface area contributed by atoms with Gasteiger partial charge in [-0.15, -0.1) is 0 Å². The molecule has 2 heterocycles. The molecule has 4 rings (SSSR count). The van der Waals surface area contributed by atoms with Gasteiger partial charge in [0.05, 0.1) is 11.3 Å². The van der Waals surface area contributed by atoms with Crippen molar-refractivity contribution in [3.8, 4) is 0 Å². The van der Waals surface area contributed by atoms with Crippen LogP contribution in [0.1, 0.15) is 22.3 Å². The first-order valence-electron chi connectivity index (χ1n) is 9.54. The summed E-state index contributed by atoms with van der Waals surface area (Å²) < 4.78 is 27.6. The molecule has 0 saturated carbocycles. The predicted octanol–water partition coefficient (Wildman–Crippen LogP) is 2.30. The number of sulfonamides is 1. The molecule has 1 N–H and O–H groups in total. The zero-order valence-corrected chi connectivity index (χ0v) is 17.1. The van der Waals surface area contributed by atoms with Gasteiger partial charge in [0.25, 0.3) is 0 Å². The Morgan fingerprint density at radius 3 is 2.50 bits per heavy atom. The van der Waals surface area contributed by atoms with Gasteiger partial charge in [0.2, 0.25) is 15.9 Å². The van der Waals surface area contributed by atoms with Crippen LogP contribution in [-0.2, 0) is 27.8 Å². The standard InChI is InChI=1S/C21H25N3O3S/c1-15-3-4-16(2)18(11-15)14-23-7-9-24(10-8-23)28(26,27)19-5-6-20-17(12-19)13-21(25)22-20/h3-6,11-12H,7-10,13-14H2,1-2H3,(H,22,25). The van der Waals surface area contributed by atoms with E-state index in [1.54, 1.807) is 22.5 Å². The first-order valence-corrected chi connectivity index (χ1v) is 11.0. The highest BCUT2D eigenvalue weighted by Crippen LogP contribution is 2.28. The van der Waals surface area contributed by atoms with Crippen molar-refractivity contribution in [2.75, 3.05) is 31.5 Å². The summed E-state index contributed by atoms with van der Waals surface area (Å²) in [5.74, 6) is -0.0930. The second-order valence-electron chi connectivity index (χ2n) is 7.65. The largest absolute Gasteiger partial charge is 0.326 e. The number of hydrogen-bond acceptors (Lipinski definition) is 4. The molecule has 0 radical (unpaired) electrons. The first-order chi connectivity index (χ1) is 13.3. The molecule has 2 aromatic rings. The smallest absolute Gasteiger partial charge is 0.243 e. The Bertz CT molecular complexity index is 1030. The molecule has 1 fully saturated rings. The van der Waals surface area contributed by atoms with E-state index in [1.165, 1.54) is 16.7 Å². The van der Waals surface area contributed by atoms with Gasteiger partial charge in [-0.25, -0.2) is 8.42 Å². The third-order valence-corrected chi connectivity index (χ3v) is 7.46. The van der Waals surface area contributed by atoms with Gasteiger partial charge < -0.3 is 5.32 Å². The Labute approximate surface area is 166 Å². The first kappa shape index (κ1) is 19.1. The van der Waals surface area contributed by atoms with E-state index in [9.17, 15) is 13.2 Å². The number of hydrogen-bond donors (Lipinski definition) is 1. The van der Waals surface area contributed by atoms with Crippen molar-refractivity contribution in [2.24, 2.45) is 0 Å². The van der Waals surface area contributed by atoms with Crippen LogP contribution < -0.4 is 5.32 Å². The summed E-state index contributed by atoms with van der Waals surface area (Å²) in [6.07, 6.45) is 0.238. The number of rotatable bonds is 4. The number of piperazine rings is 1. The van der Waals surface area contributed by atoms with Crippen molar-refractivity contribution in [1.82, 2.24) is 9.21 Å². The minimum Gasteiger partial charge on any atom is -0.326 e. The molecular formula is C21H25N3O3S. The lowest BCUT2D eigenvalue weighted by atomic mass is 10.1. The lowest BCUT2D eigenvalue weighted by Crippen LogP contribution is -2.48. The van der Waals surface area contributed by atoms with Crippen molar-refractivity contribution >= 4 is 21.6 Å². The number of aryl methyl sites for hydroxylation is 2. The van der Waals surface area contributed by atoms with E-state index in [1.807, 2.05) is 0 Å². The molecule has 1 amide bonds. The van der Waals surface area contributed by atoms with Crippen LogP contribution in [0.2, 0.25) is 0 Å². The van der Waals surface area contributed by atoms with Crippen LogP contribution in [0.4, 0.5) is 5.69 Å². The molecule has 0 aromatic heterocycles. The maximum atomic E-state index is 13.0. The van der Waals surface area contributed by atoms with Crippen LogP contribution in [0.25, 0.3) is 0 Å². The van der Waals surface area contributed by atoms with Crippen molar-refractivity contribution in [3.63, 3.8) is 0 Å². The van der Waals surface area contributed by atoms with Gasteiger partial charge in [-0.05, 0) is 48.7 Å². The van der Waals surface area contributed by atoms with Crippen molar-refractivity contribution in [1.29, 1.82) is 0 Å². The molecule has 1 saturated heterocycles. The molecule has 148 valence electrons. The fourth-order valence-electron chi connectivity index (χ4n) is 3.85. The molecule has 0 spiro atoms. The van der Waals surface area contributed by atoms with Crippen LogP contribution in [0.15, 0.2) is 41.3 Å². The predicted molar refractivity (Wildman–Crippen MR) is 109 cm³/mol. The fourth-order valence-corrected chi connectivity index (χ4v) is 5.33. The molecule has 0 bridgehead atoms. The van der Waals surface area contributed by atoms with Crippen molar-refractivity contribution in [2.45, 2.75) is 31.7 Å². The maximum absolute atomic E-state index is 13.0. The molecular weight excluding hydrogens is 374 g/mol. The van der Waals surface area contributed by atoms with E-state index in [0.717, 1.165) is 12.1 Å². The number of fused-ring (bicyclic) bond motifs is 1. The highest BCUT2D eigenvalue weighted by Gasteiger charge is 2.30. The molecule has 2 aliphatic rings. The van der Waals surface area contributed by atoms with E-state index in [0.29, 0.717) is 31.9 Å². The molecule has 7 heteroatoms. The summed E-state index contributed by atoms with van der Waals surface area (Å²) in [6, 6.07) is 11.4. The minimum absolute atomic E-state index is 0.0930.